The molecule has 7 heteroatoms. The number of hydrogen-bond donors (Lipinski definition) is 3. The van der Waals surface area contributed by atoms with E-state index in [0.29, 0.717) is 12.0 Å². The minimum Gasteiger partial charge on any atom is -0.308 e. The van der Waals surface area contributed by atoms with Gasteiger partial charge in [-0.15, -0.1) is 11.8 Å². The first-order valence-electron chi connectivity index (χ1n) is 11.2. The van der Waals surface area contributed by atoms with Gasteiger partial charge in [-0.2, -0.15) is 5.10 Å². The van der Waals surface area contributed by atoms with Crippen LogP contribution in [0.25, 0.3) is 10.9 Å². The van der Waals surface area contributed by atoms with Crippen LogP contribution >= 0.6 is 11.8 Å². The molecule has 0 spiro atoms. The number of anilines is 2. The summed E-state index contributed by atoms with van der Waals surface area (Å²) in [5.74, 6) is 1.44. The number of rotatable bonds is 5. The van der Waals surface area contributed by atoms with E-state index in [2.05, 4.69) is 38.7 Å². The number of urea groups is 1. The number of piperidine rings is 1. The topological polar surface area (TPSA) is 73.0 Å². The zero-order valence-corrected chi connectivity index (χ0v) is 18.7. The maximum atomic E-state index is 12.7. The molecule has 2 aliphatic rings. The molecular weight excluding hydrogens is 406 g/mol. The fourth-order valence-corrected chi connectivity index (χ4v) is 5.79. The average Bonchev–Trinajstić information content (AvgIpc) is 3.41. The highest BCUT2D eigenvalue weighted by Gasteiger charge is 2.33. The van der Waals surface area contributed by atoms with Crippen molar-refractivity contribution >= 4 is 40.1 Å². The molecule has 2 aromatic carbocycles. The SMILES string of the molecule is CCSc1ccccc1NC(=O)Nc1ccc2[nH]nc(C3CCN4CCCC4C3)c2c1. The Balaban J connectivity index is 1.32. The van der Waals surface area contributed by atoms with Gasteiger partial charge in [-0.3, -0.25) is 5.10 Å². The van der Waals surface area contributed by atoms with Crippen LogP contribution in [0.3, 0.4) is 0 Å². The molecule has 1 aromatic heterocycles. The van der Waals surface area contributed by atoms with Crippen molar-refractivity contribution in [3.05, 3.63) is 48.2 Å². The third kappa shape index (κ3) is 4.29. The summed E-state index contributed by atoms with van der Waals surface area (Å²) in [7, 11) is 0. The molecule has 0 saturated carbocycles. The molecule has 0 aliphatic carbocycles. The van der Waals surface area contributed by atoms with E-state index in [4.69, 9.17) is 0 Å². The van der Waals surface area contributed by atoms with Gasteiger partial charge < -0.3 is 15.5 Å². The summed E-state index contributed by atoms with van der Waals surface area (Å²) in [5, 5.41) is 15.0. The fourth-order valence-electron chi connectivity index (χ4n) is 5.03. The number of hydrogen-bond acceptors (Lipinski definition) is 4. The Morgan fingerprint density at radius 3 is 3.00 bits per heavy atom. The summed E-state index contributed by atoms with van der Waals surface area (Å²) in [6, 6.07) is 14.4. The zero-order valence-electron chi connectivity index (χ0n) is 17.9. The Kier molecular flexibility index (Phi) is 5.87. The third-order valence-corrected chi connectivity index (χ3v) is 7.45. The number of para-hydroxylation sites is 1. The second-order valence-corrected chi connectivity index (χ2v) is 9.74. The van der Waals surface area contributed by atoms with Gasteiger partial charge in [0.1, 0.15) is 0 Å². The Labute approximate surface area is 187 Å². The van der Waals surface area contributed by atoms with Crippen molar-refractivity contribution in [2.24, 2.45) is 0 Å². The van der Waals surface area contributed by atoms with Crippen LogP contribution in [0.5, 0.6) is 0 Å². The van der Waals surface area contributed by atoms with E-state index in [0.717, 1.165) is 45.0 Å². The largest absolute Gasteiger partial charge is 0.323 e. The summed E-state index contributed by atoms with van der Waals surface area (Å²) in [6.45, 7) is 4.52. The van der Waals surface area contributed by atoms with E-state index < -0.39 is 0 Å². The van der Waals surface area contributed by atoms with Crippen LogP contribution in [0.15, 0.2) is 47.4 Å². The molecule has 5 rings (SSSR count). The van der Waals surface area contributed by atoms with Crippen LogP contribution in [0, 0.1) is 0 Å². The van der Waals surface area contributed by atoms with Crippen molar-refractivity contribution in [2.45, 2.75) is 49.5 Å². The summed E-state index contributed by atoms with van der Waals surface area (Å²) in [4.78, 5) is 16.4. The number of nitrogens with one attached hydrogen (secondary N) is 3. The summed E-state index contributed by atoms with van der Waals surface area (Å²) in [5.41, 5.74) is 3.79. The molecular formula is C24H29N5OS. The highest BCUT2D eigenvalue weighted by Crippen LogP contribution is 2.38. The summed E-state index contributed by atoms with van der Waals surface area (Å²) < 4.78 is 0. The molecule has 162 valence electrons. The van der Waals surface area contributed by atoms with E-state index in [1.807, 2.05) is 36.4 Å². The van der Waals surface area contributed by atoms with Gasteiger partial charge in [0, 0.05) is 27.9 Å². The first kappa shape index (κ1) is 20.4. The van der Waals surface area contributed by atoms with Gasteiger partial charge in [-0.05, 0) is 74.9 Å². The number of carbonyl (C=O) groups excluding carboxylic acids is 1. The third-order valence-electron chi connectivity index (χ3n) is 6.49. The number of nitrogens with zero attached hydrogens (tertiary/aromatic N) is 2. The Bertz CT molecular complexity index is 1080. The molecule has 6 nitrogen and oxygen atoms in total. The smallest absolute Gasteiger partial charge is 0.308 e. The highest BCUT2D eigenvalue weighted by molar-refractivity contribution is 7.99. The second-order valence-electron chi connectivity index (χ2n) is 8.43. The quantitative estimate of drug-likeness (QED) is 0.452. The highest BCUT2D eigenvalue weighted by atomic mass is 32.2. The van der Waals surface area contributed by atoms with Crippen molar-refractivity contribution < 1.29 is 4.79 Å². The molecule has 2 amide bonds. The minimum absolute atomic E-state index is 0.229. The molecule has 3 aromatic rings. The van der Waals surface area contributed by atoms with Gasteiger partial charge in [0.15, 0.2) is 0 Å². The average molecular weight is 436 g/mol. The zero-order chi connectivity index (χ0) is 21.2. The minimum atomic E-state index is -0.229. The number of thioether (sulfide) groups is 1. The maximum Gasteiger partial charge on any atom is 0.323 e. The summed E-state index contributed by atoms with van der Waals surface area (Å²) in [6.07, 6.45) is 4.97. The molecule has 3 heterocycles. The van der Waals surface area contributed by atoms with Crippen LogP contribution in [-0.4, -0.2) is 46.0 Å². The maximum absolute atomic E-state index is 12.7. The predicted octanol–water partition coefficient (Wildman–Crippen LogP) is 5.66. The number of carbonyl (C=O) groups is 1. The molecule has 2 unspecified atom stereocenters. The van der Waals surface area contributed by atoms with E-state index in [-0.39, 0.29) is 6.03 Å². The van der Waals surface area contributed by atoms with E-state index in [1.54, 1.807) is 11.8 Å². The lowest BCUT2D eigenvalue weighted by Crippen LogP contribution is -2.37. The second kappa shape index (κ2) is 8.93. The Hall–Kier alpha value is -2.51. The van der Waals surface area contributed by atoms with Crippen LogP contribution in [0.2, 0.25) is 0 Å². The van der Waals surface area contributed by atoms with Crippen LogP contribution in [0.1, 0.15) is 44.2 Å². The lowest BCUT2D eigenvalue weighted by Gasteiger charge is -2.34. The van der Waals surface area contributed by atoms with Gasteiger partial charge in [-0.25, -0.2) is 4.79 Å². The number of benzene rings is 2. The number of amides is 2. The van der Waals surface area contributed by atoms with Crippen molar-refractivity contribution in [1.82, 2.24) is 15.1 Å². The fraction of sp³-hybridized carbons (Fsp3) is 0.417. The van der Waals surface area contributed by atoms with E-state index in [1.165, 1.54) is 32.4 Å². The summed E-state index contributed by atoms with van der Waals surface area (Å²) >= 11 is 1.72. The number of aromatic amines is 1. The molecule has 0 bridgehead atoms. The van der Waals surface area contributed by atoms with Gasteiger partial charge in [0.25, 0.3) is 0 Å². The van der Waals surface area contributed by atoms with Gasteiger partial charge >= 0.3 is 6.03 Å². The van der Waals surface area contributed by atoms with Crippen LogP contribution < -0.4 is 10.6 Å². The molecule has 0 radical (unpaired) electrons. The normalized spacial score (nSPS) is 21.2. The monoisotopic (exact) mass is 435 g/mol. The van der Waals surface area contributed by atoms with Crippen LogP contribution in [0.4, 0.5) is 16.2 Å². The number of H-pyrrole nitrogens is 1. The van der Waals surface area contributed by atoms with Crippen LogP contribution in [-0.2, 0) is 0 Å². The van der Waals surface area contributed by atoms with Gasteiger partial charge in [0.2, 0.25) is 0 Å². The first-order chi connectivity index (χ1) is 15.2. The molecule has 3 N–H and O–H groups in total. The lowest BCUT2D eigenvalue weighted by atomic mass is 9.87. The molecule has 2 atom stereocenters. The van der Waals surface area contributed by atoms with E-state index in [9.17, 15) is 4.79 Å². The van der Waals surface area contributed by atoms with Crippen molar-refractivity contribution in [3.8, 4) is 0 Å². The lowest BCUT2D eigenvalue weighted by molar-refractivity contribution is 0.180. The molecule has 2 aliphatic heterocycles. The standard InChI is InChI=1S/C24H29N5OS/c1-2-31-22-8-4-3-7-21(22)26-24(30)25-17-9-10-20-19(15-17)23(28-27-20)16-11-13-29-12-5-6-18(29)14-16/h3-4,7-10,15-16,18H,2,5-6,11-14H2,1H3,(H,27,28)(H2,25,26,30). The number of aromatic nitrogens is 2. The molecule has 2 saturated heterocycles. The van der Waals surface area contributed by atoms with Gasteiger partial charge in [-0.1, -0.05) is 19.1 Å². The van der Waals surface area contributed by atoms with Crippen molar-refractivity contribution in [1.29, 1.82) is 0 Å². The Morgan fingerprint density at radius 2 is 2.10 bits per heavy atom. The number of fused-ring (bicyclic) bond motifs is 2. The van der Waals surface area contributed by atoms with Crippen molar-refractivity contribution in [3.63, 3.8) is 0 Å². The van der Waals surface area contributed by atoms with E-state index >= 15 is 0 Å². The van der Waals surface area contributed by atoms with Crippen molar-refractivity contribution in [2.75, 3.05) is 29.5 Å². The predicted molar refractivity (Wildman–Crippen MR) is 128 cm³/mol. The first-order valence-corrected chi connectivity index (χ1v) is 12.2. The molecule has 31 heavy (non-hydrogen) atoms. The van der Waals surface area contributed by atoms with Gasteiger partial charge in [0.05, 0.1) is 16.9 Å². The Morgan fingerprint density at radius 1 is 1.19 bits per heavy atom. The molecule has 2 fully saturated rings.